The maximum absolute atomic E-state index is 2.36. The van der Waals surface area contributed by atoms with Gasteiger partial charge in [0.15, 0.2) is 0 Å². The first-order chi connectivity index (χ1) is 9.11. The lowest BCUT2D eigenvalue weighted by Crippen LogP contribution is -2.19. The first-order valence-corrected chi connectivity index (χ1v) is 7.85. The Labute approximate surface area is 122 Å². The maximum atomic E-state index is 2.36. The first kappa shape index (κ1) is 20.5. The molecule has 19 heavy (non-hydrogen) atoms. The van der Waals surface area contributed by atoms with Gasteiger partial charge in [0.2, 0.25) is 0 Å². The molecule has 0 heterocycles. The fourth-order valence-corrected chi connectivity index (χ4v) is 1.71. The summed E-state index contributed by atoms with van der Waals surface area (Å²) in [5.41, 5.74) is 1.41. The molecule has 0 amide bonds. The summed E-state index contributed by atoms with van der Waals surface area (Å²) in [5, 5.41) is 0. The zero-order valence-electron chi connectivity index (χ0n) is 14.2. The predicted molar refractivity (Wildman–Crippen MR) is 90.0 cm³/mol. The number of nitrogens with zero attached hydrogens (tertiary/aromatic N) is 1. The van der Waals surface area contributed by atoms with Crippen molar-refractivity contribution in [2.75, 3.05) is 20.1 Å². The minimum Gasteiger partial charge on any atom is -0.306 e. The molecule has 0 atom stereocenters. The fourth-order valence-electron chi connectivity index (χ4n) is 1.71. The lowest BCUT2D eigenvalue weighted by molar-refractivity contribution is 0.335. The Bertz CT molecular complexity index is 248. The van der Waals surface area contributed by atoms with Crippen molar-refractivity contribution in [1.29, 1.82) is 0 Å². The minimum atomic E-state index is 0.659. The number of benzene rings is 1. The summed E-state index contributed by atoms with van der Waals surface area (Å²) in [6.45, 7) is 15.3. The molecule has 0 aliphatic heterocycles. The molecule has 0 spiro atoms. The molecule has 0 N–H and O–H groups in total. The van der Waals surface area contributed by atoms with Crippen LogP contribution >= 0.6 is 0 Å². The highest BCUT2D eigenvalue weighted by atomic mass is 15.1. The monoisotopic (exact) mass is 265 g/mol. The molecular weight excluding hydrogens is 230 g/mol. The van der Waals surface area contributed by atoms with E-state index in [0.29, 0.717) is 5.92 Å². The molecule has 0 radical (unpaired) electrons. The number of rotatable bonds is 5. The summed E-state index contributed by atoms with van der Waals surface area (Å²) in [4.78, 5) is 2.36. The van der Waals surface area contributed by atoms with E-state index in [0.717, 1.165) is 0 Å². The normalized spacial score (nSPS) is 9.53. The highest BCUT2D eigenvalue weighted by Crippen LogP contribution is 2.11. The average Bonchev–Trinajstić information content (AvgIpc) is 2.43. The van der Waals surface area contributed by atoms with Crippen molar-refractivity contribution in [1.82, 2.24) is 4.90 Å². The van der Waals surface area contributed by atoms with E-state index in [1.54, 1.807) is 0 Å². The lowest BCUT2D eigenvalue weighted by Gasteiger charge is -2.12. The summed E-state index contributed by atoms with van der Waals surface area (Å²) in [6, 6.07) is 10.5. The van der Waals surface area contributed by atoms with Crippen LogP contribution in [0.2, 0.25) is 0 Å². The third-order valence-electron chi connectivity index (χ3n) is 2.68. The second-order valence-corrected chi connectivity index (χ2v) is 4.87. The zero-order chi connectivity index (χ0) is 15.1. The third-order valence-corrected chi connectivity index (χ3v) is 2.68. The zero-order valence-corrected chi connectivity index (χ0v) is 14.2. The van der Waals surface area contributed by atoms with Crippen LogP contribution in [0.3, 0.4) is 0 Å². The van der Waals surface area contributed by atoms with E-state index in [-0.39, 0.29) is 0 Å². The van der Waals surface area contributed by atoms with Gasteiger partial charge in [-0.3, -0.25) is 0 Å². The molecule has 0 unspecified atom stereocenters. The SMILES string of the molecule is CC.CC(C)c1ccccc1.CCCN(C)CCC. The van der Waals surface area contributed by atoms with Crippen LogP contribution in [0.25, 0.3) is 0 Å². The molecule has 1 aromatic carbocycles. The lowest BCUT2D eigenvalue weighted by atomic mass is 10.0. The van der Waals surface area contributed by atoms with E-state index >= 15 is 0 Å². The molecule has 0 bridgehead atoms. The van der Waals surface area contributed by atoms with E-state index in [4.69, 9.17) is 0 Å². The van der Waals surface area contributed by atoms with Crippen molar-refractivity contribution in [3.05, 3.63) is 35.9 Å². The largest absolute Gasteiger partial charge is 0.306 e. The molecule has 0 fully saturated rings. The van der Waals surface area contributed by atoms with E-state index in [1.165, 1.54) is 31.5 Å². The van der Waals surface area contributed by atoms with E-state index in [2.05, 4.69) is 63.9 Å². The molecule has 1 heteroatoms. The van der Waals surface area contributed by atoms with Crippen molar-refractivity contribution < 1.29 is 0 Å². The number of hydrogen-bond donors (Lipinski definition) is 0. The molecule has 1 nitrogen and oxygen atoms in total. The van der Waals surface area contributed by atoms with Gasteiger partial charge < -0.3 is 4.90 Å². The van der Waals surface area contributed by atoms with Gasteiger partial charge in [0.05, 0.1) is 0 Å². The Morgan fingerprint density at radius 3 is 1.58 bits per heavy atom. The van der Waals surface area contributed by atoms with Gasteiger partial charge in [0.1, 0.15) is 0 Å². The van der Waals surface area contributed by atoms with E-state index in [1.807, 2.05) is 19.9 Å². The molecule has 0 aliphatic carbocycles. The molecule has 0 saturated heterocycles. The van der Waals surface area contributed by atoms with Crippen molar-refractivity contribution in [2.45, 2.75) is 60.3 Å². The van der Waals surface area contributed by atoms with Crippen molar-refractivity contribution in [3.63, 3.8) is 0 Å². The number of hydrogen-bond acceptors (Lipinski definition) is 1. The third kappa shape index (κ3) is 13.4. The first-order valence-electron chi connectivity index (χ1n) is 7.85. The Kier molecular flexibility index (Phi) is 16.4. The standard InChI is InChI=1S/C9H12.C7H17N.C2H6/c1-8(2)9-6-4-3-5-7-9;1-4-6-8(3)7-5-2;1-2/h3-8H,1-2H3;4-7H2,1-3H3;1-2H3. The van der Waals surface area contributed by atoms with Crippen LogP contribution in [-0.4, -0.2) is 25.0 Å². The van der Waals surface area contributed by atoms with Gasteiger partial charge in [-0.05, 0) is 44.5 Å². The van der Waals surface area contributed by atoms with Crippen LogP contribution in [0.15, 0.2) is 30.3 Å². The van der Waals surface area contributed by atoms with Crippen molar-refractivity contribution in [2.24, 2.45) is 0 Å². The van der Waals surface area contributed by atoms with Gasteiger partial charge in [-0.15, -0.1) is 0 Å². The van der Waals surface area contributed by atoms with Crippen LogP contribution in [0.1, 0.15) is 65.9 Å². The average molecular weight is 265 g/mol. The van der Waals surface area contributed by atoms with E-state index < -0.39 is 0 Å². The highest BCUT2D eigenvalue weighted by Gasteiger charge is 1.93. The molecule has 1 rings (SSSR count). The van der Waals surface area contributed by atoms with Crippen LogP contribution in [0.4, 0.5) is 0 Å². The molecule has 0 aliphatic rings. The van der Waals surface area contributed by atoms with E-state index in [9.17, 15) is 0 Å². The van der Waals surface area contributed by atoms with Gasteiger partial charge >= 0.3 is 0 Å². The molecule has 1 aromatic rings. The molecule has 0 aromatic heterocycles. The van der Waals surface area contributed by atoms with Gasteiger partial charge in [0, 0.05) is 0 Å². The minimum absolute atomic E-state index is 0.659. The Balaban J connectivity index is 0. The summed E-state index contributed by atoms with van der Waals surface area (Å²) in [7, 11) is 2.17. The topological polar surface area (TPSA) is 3.24 Å². The van der Waals surface area contributed by atoms with Gasteiger partial charge in [0.25, 0.3) is 0 Å². The quantitative estimate of drug-likeness (QED) is 0.672. The summed E-state index contributed by atoms with van der Waals surface area (Å²) in [5.74, 6) is 0.659. The van der Waals surface area contributed by atoms with Crippen LogP contribution in [0.5, 0.6) is 0 Å². The molecule has 0 saturated carbocycles. The Morgan fingerprint density at radius 1 is 0.895 bits per heavy atom. The fraction of sp³-hybridized carbons (Fsp3) is 0.667. The second-order valence-electron chi connectivity index (χ2n) is 4.87. The smallest absolute Gasteiger partial charge is 0.00244 e. The Morgan fingerprint density at radius 2 is 1.32 bits per heavy atom. The predicted octanol–water partition coefficient (Wildman–Crippen LogP) is 5.57. The Hall–Kier alpha value is -0.820. The van der Waals surface area contributed by atoms with Gasteiger partial charge in [-0.2, -0.15) is 0 Å². The van der Waals surface area contributed by atoms with Crippen LogP contribution in [0, 0.1) is 0 Å². The summed E-state index contributed by atoms with van der Waals surface area (Å²) in [6.07, 6.45) is 2.55. The summed E-state index contributed by atoms with van der Waals surface area (Å²) < 4.78 is 0. The van der Waals surface area contributed by atoms with Gasteiger partial charge in [-0.25, -0.2) is 0 Å². The van der Waals surface area contributed by atoms with Crippen molar-refractivity contribution in [3.8, 4) is 0 Å². The van der Waals surface area contributed by atoms with Crippen LogP contribution in [-0.2, 0) is 0 Å². The highest BCUT2D eigenvalue weighted by molar-refractivity contribution is 5.17. The second kappa shape index (κ2) is 15.2. The molecular formula is C18H35N. The van der Waals surface area contributed by atoms with Crippen molar-refractivity contribution >= 4 is 0 Å². The molecule has 112 valence electrons. The van der Waals surface area contributed by atoms with Crippen LogP contribution < -0.4 is 0 Å². The maximum Gasteiger partial charge on any atom is -0.00244 e. The summed E-state index contributed by atoms with van der Waals surface area (Å²) >= 11 is 0. The van der Waals surface area contributed by atoms with Gasteiger partial charge in [-0.1, -0.05) is 71.9 Å².